The molecule has 39 heavy (non-hydrogen) atoms. The van der Waals surface area contributed by atoms with Crippen molar-refractivity contribution >= 4 is 31.1 Å². The number of amides is 2. The zero-order chi connectivity index (χ0) is 27.8. The number of hydrogen-bond donors (Lipinski definition) is 3. The summed E-state index contributed by atoms with van der Waals surface area (Å²) in [4.78, 5) is 33.1. The predicted octanol–water partition coefficient (Wildman–Crippen LogP) is 5.16. The molecule has 3 aromatic heterocycles. The van der Waals surface area contributed by atoms with E-state index < -0.39 is 20.2 Å². The second kappa shape index (κ2) is 13.1. The van der Waals surface area contributed by atoms with E-state index in [1.54, 1.807) is 30.6 Å². The number of hydrogen-bond acceptors (Lipinski definition) is 6. The quantitative estimate of drug-likeness (QED) is 0.209. The zero-order valence-corrected chi connectivity index (χ0v) is 24.0. The molecule has 1 atom stereocenters. The largest absolute Gasteiger partial charge is 0.465 e. The maximum Gasteiger partial charge on any atom is 0.405 e. The van der Waals surface area contributed by atoms with Gasteiger partial charge in [0.25, 0.3) is 0 Å². The number of carboxylic acid groups (broad SMARTS) is 1. The van der Waals surface area contributed by atoms with Gasteiger partial charge in [-0.25, -0.2) is 9.78 Å². The van der Waals surface area contributed by atoms with Gasteiger partial charge in [0.15, 0.2) is 0 Å². The Kier molecular flexibility index (Phi) is 9.57. The van der Waals surface area contributed by atoms with Gasteiger partial charge in [0.1, 0.15) is 29.9 Å². The molecule has 0 saturated heterocycles. The van der Waals surface area contributed by atoms with Crippen LogP contribution in [0.1, 0.15) is 37.8 Å². The van der Waals surface area contributed by atoms with E-state index in [2.05, 4.69) is 40.2 Å². The molecule has 2 amide bonds. The predicted molar refractivity (Wildman–Crippen MR) is 152 cm³/mol. The number of carbonyl (C=O) groups excluding carboxylic acids is 1. The summed E-state index contributed by atoms with van der Waals surface area (Å²) in [6.45, 7) is 8.14. The van der Waals surface area contributed by atoms with Crippen molar-refractivity contribution in [3.8, 4) is 11.5 Å². The molecule has 0 spiro atoms. The molecule has 1 aliphatic carbocycles. The van der Waals surface area contributed by atoms with Crippen LogP contribution >= 0.6 is 0 Å². The summed E-state index contributed by atoms with van der Waals surface area (Å²) in [5, 5.41) is 15.5. The number of ether oxygens (including phenoxy) is 2. The first-order valence-electron chi connectivity index (χ1n) is 13.6. The molecule has 3 heterocycles. The molecule has 1 unspecified atom stereocenters. The molecule has 1 fully saturated rings. The average molecular weight is 554 g/mol. The maximum atomic E-state index is 12.8. The van der Waals surface area contributed by atoms with Crippen LogP contribution in [0.5, 0.6) is 11.5 Å². The first kappa shape index (κ1) is 28.6. The van der Waals surface area contributed by atoms with Crippen LogP contribution in [0.2, 0.25) is 25.7 Å². The van der Waals surface area contributed by atoms with E-state index in [0.717, 1.165) is 49.4 Å². The van der Waals surface area contributed by atoms with Crippen molar-refractivity contribution < 1.29 is 24.2 Å². The molecule has 1 saturated carbocycles. The fourth-order valence-corrected chi connectivity index (χ4v) is 5.39. The Morgan fingerprint density at radius 1 is 1.13 bits per heavy atom. The minimum Gasteiger partial charge on any atom is -0.465 e. The summed E-state index contributed by atoms with van der Waals surface area (Å²) < 4.78 is 14.0. The number of pyridine rings is 2. The Hall–Kier alpha value is -3.44. The summed E-state index contributed by atoms with van der Waals surface area (Å²) in [5.41, 5.74) is 1.36. The molecule has 3 aromatic rings. The van der Waals surface area contributed by atoms with Gasteiger partial charge in [0.2, 0.25) is 5.91 Å². The highest BCUT2D eigenvalue weighted by Gasteiger charge is 2.25. The van der Waals surface area contributed by atoms with Gasteiger partial charge >= 0.3 is 6.09 Å². The van der Waals surface area contributed by atoms with Crippen LogP contribution in [-0.4, -0.2) is 58.4 Å². The minimum atomic E-state index is -1.24. The van der Waals surface area contributed by atoms with Crippen molar-refractivity contribution in [3.05, 3.63) is 48.5 Å². The average Bonchev–Trinajstić information content (AvgIpc) is 3.31. The highest BCUT2D eigenvalue weighted by molar-refractivity contribution is 6.76. The number of nitrogens with one attached hydrogen (secondary N) is 2. The Labute approximate surface area is 230 Å². The normalized spacial score (nSPS) is 15.2. The fraction of sp³-hybridized carbons (Fsp3) is 0.500. The second-order valence-corrected chi connectivity index (χ2v) is 16.9. The van der Waals surface area contributed by atoms with Crippen LogP contribution in [0.15, 0.2) is 42.9 Å². The summed E-state index contributed by atoms with van der Waals surface area (Å²) in [7, 11) is -1.15. The third-order valence-electron chi connectivity index (χ3n) is 6.85. The van der Waals surface area contributed by atoms with Crippen molar-refractivity contribution in [1.29, 1.82) is 0 Å². The van der Waals surface area contributed by atoms with Gasteiger partial charge in [-0.3, -0.25) is 9.78 Å². The summed E-state index contributed by atoms with van der Waals surface area (Å²) >= 11 is 0. The van der Waals surface area contributed by atoms with Crippen molar-refractivity contribution in [1.82, 2.24) is 25.2 Å². The first-order valence-corrected chi connectivity index (χ1v) is 17.3. The Balaban J connectivity index is 1.38. The van der Waals surface area contributed by atoms with E-state index in [-0.39, 0.29) is 18.4 Å². The lowest BCUT2D eigenvalue weighted by atomic mass is 9.95. The number of fused-ring (bicyclic) bond motifs is 1. The van der Waals surface area contributed by atoms with E-state index in [1.165, 1.54) is 6.42 Å². The van der Waals surface area contributed by atoms with Gasteiger partial charge in [0, 0.05) is 45.2 Å². The highest BCUT2D eigenvalue weighted by Crippen LogP contribution is 2.29. The second-order valence-electron chi connectivity index (χ2n) is 11.3. The number of aromatic nitrogens is 3. The number of nitrogens with zero attached hydrogens (tertiary/aromatic N) is 3. The van der Waals surface area contributed by atoms with Gasteiger partial charge < -0.3 is 29.8 Å². The summed E-state index contributed by atoms with van der Waals surface area (Å²) in [6.07, 6.45) is 9.29. The van der Waals surface area contributed by atoms with E-state index in [0.29, 0.717) is 23.9 Å². The molecule has 0 aromatic carbocycles. The fourth-order valence-electron chi connectivity index (χ4n) is 4.64. The van der Waals surface area contributed by atoms with Crippen molar-refractivity contribution in [2.24, 2.45) is 0 Å². The van der Waals surface area contributed by atoms with Crippen molar-refractivity contribution in [2.45, 2.75) is 83.0 Å². The summed E-state index contributed by atoms with van der Waals surface area (Å²) in [5.74, 6) is 0.854. The SMILES string of the molecule is C[Si](C)(C)CCOCn1ccc2c(Oc3ccc(CC(NC(=O)O)C(=O)NC4CCCCC4)nc3)ccnc21. The van der Waals surface area contributed by atoms with E-state index in [9.17, 15) is 14.7 Å². The van der Waals surface area contributed by atoms with Gasteiger partial charge in [-0.2, -0.15) is 0 Å². The maximum absolute atomic E-state index is 12.8. The van der Waals surface area contributed by atoms with Gasteiger partial charge in [-0.05, 0) is 43.2 Å². The highest BCUT2D eigenvalue weighted by atomic mass is 28.3. The van der Waals surface area contributed by atoms with Gasteiger partial charge in [0.05, 0.1) is 11.6 Å². The lowest BCUT2D eigenvalue weighted by Gasteiger charge is -2.25. The monoisotopic (exact) mass is 553 g/mol. The van der Waals surface area contributed by atoms with E-state index in [4.69, 9.17) is 9.47 Å². The van der Waals surface area contributed by atoms with Crippen LogP contribution < -0.4 is 15.4 Å². The van der Waals surface area contributed by atoms with Crippen molar-refractivity contribution in [3.63, 3.8) is 0 Å². The van der Waals surface area contributed by atoms with Gasteiger partial charge in [-0.15, -0.1) is 0 Å². The Morgan fingerprint density at radius 2 is 1.92 bits per heavy atom. The third kappa shape index (κ3) is 8.52. The smallest absolute Gasteiger partial charge is 0.405 e. The van der Waals surface area contributed by atoms with Crippen LogP contribution in [0.25, 0.3) is 11.0 Å². The molecule has 210 valence electrons. The summed E-state index contributed by atoms with van der Waals surface area (Å²) in [6, 6.07) is 7.55. The van der Waals surface area contributed by atoms with Gasteiger partial charge in [-0.1, -0.05) is 38.9 Å². The number of carbonyl (C=O) groups is 2. The Bertz CT molecular complexity index is 1250. The zero-order valence-electron chi connectivity index (χ0n) is 23.0. The Morgan fingerprint density at radius 3 is 2.62 bits per heavy atom. The molecule has 3 N–H and O–H groups in total. The molecule has 11 heteroatoms. The van der Waals surface area contributed by atoms with Crippen LogP contribution in [0.4, 0.5) is 4.79 Å². The molecule has 0 bridgehead atoms. The lowest BCUT2D eigenvalue weighted by Crippen LogP contribution is -2.50. The van der Waals surface area contributed by atoms with Crippen LogP contribution in [0.3, 0.4) is 0 Å². The van der Waals surface area contributed by atoms with Crippen LogP contribution in [0, 0.1) is 0 Å². The third-order valence-corrected chi connectivity index (χ3v) is 8.56. The molecule has 10 nitrogen and oxygen atoms in total. The minimum absolute atomic E-state index is 0.0943. The number of rotatable bonds is 12. The molecule has 4 rings (SSSR count). The molecule has 0 radical (unpaired) electrons. The molecule has 1 aliphatic rings. The van der Waals surface area contributed by atoms with E-state index in [1.807, 2.05) is 16.8 Å². The van der Waals surface area contributed by atoms with E-state index >= 15 is 0 Å². The lowest BCUT2D eigenvalue weighted by molar-refractivity contribution is -0.124. The molecular formula is C28H39N5O5Si. The molecular weight excluding hydrogens is 514 g/mol. The standard InChI is InChI=1S/C28H39N5O5Si/c1-39(2,3)16-15-37-19-33-14-12-23-25(11-13-29-26(23)33)38-22-10-9-21(30-18-22)17-24(32-28(35)36)27(34)31-20-7-5-4-6-8-20/h9-14,18,20,24,32H,4-8,15-17,19H2,1-3H3,(H,31,34)(H,35,36). The first-order chi connectivity index (χ1) is 18.7. The van der Waals surface area contributed by atoms with Crippen LogP contribution in [-0.2, 0) is 22.7 Å². The van der Waals surface area contributed by atoms with Crippen molar-refractivity contribution in [2.75, 3.05) is 6.61 Å². The topological polar surface area (TPSA) is 128 Å². The molecule has 0 aliphatic heterocycles.